The van der Waals surface area contributed by atoms with Crippen LogP contribution in [-0.2, 0) is 11.4 Å². The molecule has 2 aromatic rings. The zero-order valence-corrected chi connectivity index (χ0v) is 12.1. The van der Waals surface area contributed by atoms with Crippen molar-refractivity contribution in [1.29, 1.82) is 0 Å². The van der Waals surface area contributed by atoms with E-state index in [0.29, 0.717) is 16.7 Å². The number of aromatic nitrogens is 2. The van der Waals surface area contributed by atoms with Crippen molar-refractivity contribution in [3.05, 3.63) is 35.2 Å². The lowest BCUT2D eigenvalue weighted by Crippen LogP contribution is -2.22. The van der Waals surface area contributed by atoms with Gasteiger partial charge in [0.05, 0.1) is 10.3 Å². The second-order valence-corrected chi connectivity index (χ2v) is 5.54. The molecule has 1 aromatic heterocycles. The summed E-state index contributed by atoms with van der Waals surface area (Å²) in [6.45, 7) is 1.76. The van der Waals surface area contributed by atoms with Crippen LogP contribution in [0.2, 0.25) is 5.02 Å². The molecule has 6 nitrogen and oxygen atoms in total. The van der Waals surface area contributed by atoms with Crippen LogP contribution in [0.3, 0.4) is 0 Å². The molecule has 0 unspecified atom stereocenters. The number of rotatable bonds is 6. The minimum absolute atomic E-state index is 0.0995. The SMILES string of the molecule is C[C@H](Sc1nnc(COc2ccccc2Cl)o1)C(N)=O. The van der Waals surface area contributed by atoms with Gasteiger partial charge in [0.25, 0.3) is 11.1 Å². The minimum atomic E-state index is -0.443. The predicted octanol–water partition coefficient (Wildman–Crippen LogP) is 2.27. The highest BCUT2D eigenvalue weighted by atomic mass is 35.5. The zero-order chi connectivity index (χ0) is 14.5. The van der Waals surface area contributed by atoms with Crippen LogP contribution in [0.15, 0.2) is 33.9 Å². The van der Waals surface area contributed by atoms with Crippen molar-refractivity contribution in [2.75, 3.05) is 0 Å². The molecule has 0 fully saturated rings. The average molecular weight is 314 g/mol. The van der Waals surface area contributed by atoms with E-state index in [2.05, 4.69) is 10.2 Å². The summed E-state index contributed by atoms with van der Waals surface area (Å²) >= 11 is 7.05. The molecule has 0 saturated carbocycles. The summed E-state index contributed by atoms with van der Waals surface area (Å²) in [6.07, 6.45) is 0. The van der Waals surface area contributed by atoms with Gasteiger partial charge in [0.2, 0.25) is 5.91 Å². The number of para-hydroxylation sites is 1. The van der Waals surface area contributed by atoms with Gasteiger partial charge >= 0.3 is 0 Å². The molecular formula is C12H12ClN3O3S. The highest BCUT2D eigenvalue weighted by Crippen LogP contribution is 2.25. The Morgan fingerprint density at radius 1 is 1.50 bits per heavy atom. The van der Waals surface area contributed by atoms with Gasteiger partial charge in [-0.15, -0.1) is 10.2 Å². The number of hydrogen-bond acceptors (Lipinski definition) is 6. The molecule has 0 aliphatic carbocycles. The number of hydrogen-bond donors (Lipinski definition) is 1. The third-order valence-electron chi connectivity index (χ3n) is 2.31. The number of thioether (sulfide) groups is 1. The molecule has 2 rings (SSSR count). The van der Waals surface area contributed by atoms with E-state index in [4.69, 9.17) is 26.5 Å². The highest BCUT2D eigenvalue weighted by molar-refractivity contribution is 8.00. The van der Waals surface area contributed by atoms with Gasteiger partial charge in [0.1, 0.15) is 5.75 Å². The molecule has 1 heterocycles. The molecule has 0 radical (unpaired) electrons. The maximum absolute atomic E-state index is 10.9. The first kappa shape index (κ1) is 14.7. The summed E-state index contributed by atoms with van der Waals surface area (Å²) in [4.78, 5) is 10.9. The summed E-state index contributed by atoms with van der Waals surface area (Å²) in [5.41, 5.74) is 5.15. The molecule has 0 aliphatic heterocycles. The van der Waals surface area contributed by atoms with Crippen molar-refractivity contribution < 1.29 is 13.9 Å². The van der Waals surface area contributed by atoms with E-state index in [-0.39, 0.29) is 11.8 Å². The largest absolute Gasteiger partial charge is 0.482 e. The third-order valence-corrected chi connectivity index (χ3v) is 3.58. The topological polar surface area (TPSA) is 91.2 Å². The number of nitrogens with zero attached hydrogens (tertiary/aromatic N) is 2. The zero-order valence-electron chi connectivity index (χ0n) is 10.6. The fourth-order valence-electron chi connectivity index (χ4n) is 1.25. The van der Waals surface area contributed by atoms with Gasteiger partial charge in [-0.1, -0.05) is 35.5 Å². The van der Waals surface area contributed by atoms with Gasteiger partial charge in [-0.05, 0) is 19.1 Å². The van der Waals surface area contributed by atoms with Crippen molar-refractivity contribution in [3.8, 4) is 5.75 Å². The molecule has 2 N–H and O–H groups in total. The second-order valence-electron chi connectivity index (χ2n) is 3.84. The Labute approximate surface area is 124 Å². The van der Waals surface area contributed by atoms with Crippen LogP contribution in [0.1, 0.15) is 12.8 Å². The van der Waals surface area contributed by atoms with Gasteiger partial charge in [-0.25, -0.2) is 0 Å². The van der Waals surface area contributed by atoms with Crippen molar-refractivity contribution in [2.45, 2.75) is 24.0 Å². The van der Waals surface area contributed by atoms with Crippen molar-refractivity contribution >= 4 is 29.3 Å². The monoisotopic (exact) mass is 313 g/mol. The van der Waals surface area contributed by atoms with Crippen LogP contribution in [0.4, 0.5) is 0 Å². The van der Waals surface area contributed by atoms with Crippen LogP contribution < -0.4 is 10.5 Å². The highest BCUT2D eigenvalue weighted by Gasteiger charge is 2.15. The van der Waals surface area contributed by atoms with Crippen molar-refractivity contribution in [3.63, 3.8) is 0 Å². The number of halogens is 1. The summed E-state index contributed by atoms with van der Waals surface area (Å²) < 4.78 is 10.8. The number of amides is 1. The molecule has 1 amide bonds. The molecule has 0 aliphatic rings. The number of nitrogens with two attached hydrogens (primary N) is 1. The Morgan fingerprint density at radius 3 is 2.95 bits per heavy atom. The van der Waals surface area contributed by atoms with E-state index < -0.39 is 11.2 Å². The van der Waals surface area contributed by atoms with Gasteiger partial charge in [-0.2, -0.15) is 0 Å². The molecule has 1 atom stereocenters. The number of primary amides is 1. The maximum Gasteiger partial charge on any atom is 0.277 e. The summed E-state index contributed by atoms with van der Waals surface area (Å²) in [6, 6.07) is 7.08. The molecule has 8 heteroatoms. The second kappa shape index (κ2) is 6.62. The number of carbonyl (C=O) groups is 1. The summed E-state index contributed by atoms with van der Waals surface area (Å²) in [5.74, 6) is 0.387. The fraction of sp³-hybridized carbons (Fsp3) is 0.250. The molecule has 1 aromatic carbocycles. The van der Waals surface area contributed by atoms with Crippen LogP contribution in [0, 0.1) is 0 Å². The molecule has 0 saturated heterocycles. The van der Waals surface area contributed by atoms with E-state index in [9.17, 15) is 4.79 Å². The normalized spacial score (nSPS) is 12.1. The fourth-order valence-corrected chi connectivity index (χ4v) is 2.10. The van der Waals surface area contributed by atoms with Crippen molar-refractivity contribution in [1.82, 2.24) is 10.2 Å². The maximum atomic E-state index is 10.9. The minimum Gasteiger partial charge on any atom is -0.482 e. The Bertz CT molecular complexity index is 605. The number of ether oxygens (including phenoxy) is 1. The Balaban J connectivity index is 1.93. The summed E-state index contributed by atoms with van der Waals surface area (Å²) in [5, 5.41) is 7.95. The molecular weight excluding hydrogens is 302 g/mol. The quantitative estimate of drug-likeness (QED) is 0.823. The molecule has 0 spiro atoms. The van der Waals surface area contributed by atoms with Gasteiger partial charge in [0.15, 0.2) is 6.61 Å². The smallest absolute Gasteiger partial charge is 0.277 e. The lowest BCUT2D eigenvalue weighted by atomic mass is 10.3. The molecule has 106 valence electrons. The van der Waals surface area contributed by atoms with Crippen LogP contribution in [0.5, 0.6) is 5.75 Å². The van der Waals surface area contributed by atoms with E-state index in [1.807, 2.05) is 12.1 Å². The first-order valence-electron chi connectivity index (χ1n) is 5.72. The van der Waals surface area contributed by atoms with E-state index in [0.717, 1.165) is 11.8 Å². The lowest BCUT2D eigenvalue weighted by Gasteiger charge is -2.04. The van der Waals surface area contributed by atoms with Gasteiger partial charge < -0.3 is 14.9 Å². The van der Waals surface area contributed by atoms with Gasteiger partial charge in [-0.3, -0.25) is 4.79 Å². The van der Waals surface area contributed by atoms with Crippen LogP contribution in [0.25, 0.3) is 0 Å². The third kappa shape index (κ3) is 3.88. The first-order valence-corrected chi connectivity index (χ1v) is 6.97. The van der Waals surface area contributed by atoms with E-state index in [1.54, 1.807) is 19.1 Å². The lowest BCUT2D eigenvalue weighted by molar-refractivity contribution is -0.117. The number of benzene rings is 1. The summed E-state index contributed by atoms with van der Waals surface area (Å²) in [7, 11) is 0. The van der Waals surface area contributed by atoms with Crippen LogP contribution in [-0.4, -0.2) is 21.4 Å². The Morgan fingerprint density at radius 2 is 2.25 bits per heavy atom. The molecule has 20 heavy (non-hydrogen) atoms. The first-order chi connectivity index (χ1) is 9.56. The van der Waals surface area contributed by atoms with E-state index in [1.165, 1.54) is 0 Å². The van der Waals surface area contributed by atoms with Crippen molar-refractivity contribution in [2.24, 2.45) is 5.73 Å². The average Bonchev–Trinajstić information content (AvgIpc) is 2.85. The van der Waals surface area contributed by atoms with E-state index >= 15 is 0 Å². The Hall–Kier alpha value is -1.73. The van der Waals surface area contributed by atoms with Crippen LogP contribution >= 0.6 is 23.4 Å². The standard InChI is InChI=1S/C12H12ClN3O3S/c1-7(11(14)17)20-12-16-15-10(19-12)6-18-9-5-3-2-4-8(9)13/h2-5,7H,6H2,1H3,(H2,14,17)/t7-/m0/s1. The van der Waals surface area contributed by atoms with Gasteiger partial charge in [0, 0.05) is 0 Å². The predicted molar refractivity (Wildman–Crippen MR) is 74.6 cm³/mol. The Kier molecular flexibility index (Phi) is 4.86. The molecule has 0 bridgehead atoms. The number of carbonyl (C=O) groups excluding carboxylic acids is 1.